The first-order valence-corrected chi connectivity index (χ1v) is 8.15. The fourth-order valence-corrected chi connectivity index (χ4v) is 2.83. The second-order valence-corrected chi connectivity index (χ2v) is 6.37. The fraction of sp³-hybridized carbons (Fsp3) is 0.588. The number of phenolic OH excluding ortho intramolecular Hbond substituents is 1. The van der Waals surface area contributed by atoms with Gasteiger partial charge in [-0.15, -0.1) is 24.0 Å². The Kier molecular flexibility index (Phi) is 8.75. The van der Waals surface area contributed by atoms with Crippen molar-refractivity contribution >= 4 is 29.9 Å². The van der Waals surface area contributed by atoms with Crippen molar-refractivity contribution in [2.24, 2.45) is 10.9 Å². The maximum atomic E-state index is 13.4. The van der Waals surface area contributed by atoms with Gasteiger partial charge in [0.2, 0.25) is 0 Å². The van der Waals surface area contributed by atoms with E-state index in [4.69, 9.17) is 0 Å². The molecule has 1 heterocycles. The van der Waals surface area contributed by atoms with Crippen LogP contribution in [-0.4, -0.2) is 60.6 Å². The summed E-state index contributed by atoms with van der Waals surface area (Å²) in [4.78, 5) is 9.03. The van der Waals surface area contributed by atoms with E-state index in [0.717, 1.165) is 44.2 Å². The highest BCUT2D eigenvalue weighted by Gasteiger charge is 2.19. The third-order valence-electron chi connectivity index (χ3n) is 3.97. The number of guanidine groups is 1. The lowest BCUT2D eigenvalue weighted by Crippen LogP contribution is -2.52. The van der Waals surface area contributed by atoms with Crippen LogP contribution in [0, 0.1) is 11.7 Å². The molecule has 1 aliphatic heterocycles. The molecule has 1 fully saturated rings. The van der Waals surface area contributed by atoms with Crippen LogP contribution in [0.3, 0.4) is 0 Å². The predicted octanol–water partition coefficient (Wildman–Crippen LogP) is 2.50. The third-order valence-corrected chi connectivity index (χ3v) is 3.97. The van der Waals surface area contributed by atoms with Gasteiger partial charge in [-0.3, -0.25) is 9.89 Å². The van der Waals surface area contributed by atoms with Gasteiger partial charge >= 0.3 is 0 Å². The number of aliphatic imine (C=N–C) groups is 1. The summed E-state index contributed by atoms with van der Waals surface area (Å²) in [5.41, 5.74) is 0.778. The molecule has 2 rings (SSSR count). The van der Waals surface area contributed by atoms with Gasteiger partial charge in [-0.2, -0.15) is 0 Å². The summed E-state index contributed by atoms with van der Waals surface area (Å²) >= 11 is 0. The lowest BCUT2D eigenvalue weighted by Gasteiger charge is -2.37. The first kappa shape index (κ1) is 21.0. The highest BCUT2D eigenvalue weighted by molar-refractivity contribution is 14.0. The Morgan fingerprint density at radius 1 is 1.29 bits per heavy atom. The number of rotatable bonds is 4. The van der Waals surface area contributed by atoms with E-state index in [1.807, 2.05) is 0 Å². The number of hydrogen-bond acceptors (Lipinski definition) is 3. The van der Waals surface area contributed by atoms with E-state index in [1.165, 1.54) is 12.1 Å². The van der Waals surface area contributed by atoms with Crippen LogP contribution in [0.15, 0.2) is 23.2 Å². The second kappa shape index (κ2) is 10.0. The summed E-state index contributed by atoms with van der Waals surface area (Å²) in [5.74, 6) is 0.604. The standard InChI is InChI=1S/C17H27FN4O.HI/c1-13(2)12-21-6-8-22(9-7-21)17(19-3)20-11-14-4-5-16(23)15(18)10-14;/h4-5,10,13,23H,6-9,11-12H2,1-3H3,(H,19,20);1H. The molecule has 0 amide bonds. The first-order chi connectivity index (χ1) is 11.0. The van der Waals surface area contributed by atoms with E-state index in [0.29, 0.717) is 12.5 Å². The molecule has 7 heteroatoms. The van der Waals surface area contributed by atoms with Gasteiger partial charge < -0.3 is 15.3 Å². The van der Waals surface area contributed by atoms with Crippen LogP contribution in [0.4, 0.5) is 4.39 Å². The Bertz CT molecular complexity index is 545. The minimum atomic E-state index is -0.596. The van der Waals surface area contributed by atoms with Crippen molar-refractivity contribution in [2.45, 2.75) is 20.4 Å². The van der Waals surface area contributed by atoms with Gasteiger partial charge in [-0.25, -0.2) is 4.39 Å². The van der Waals surface area contributed by atoms with Crippen LogP contribution in [0.2, 0.25) is 0 Å². The largest absolute Gasteiger partial charge is 0.505 e. The number of hydrogen-bond donors (Lipinski definition) is 2. The van der Waals surface area contributed by atoms with E-state index < -0.39 is 5.82 Å². The highest BCUT2D eigenvalue weighted by atomic mass is 127. The Morgan fingerprint density at radius 2 is 1.96 bits per heavy atom. The summed E-state index contributed by atoms with van der Waals surface area (Å²) in [5, 5.41) is 12.5. The normalized spacial score (nSPS) is 16.2. The number of phenols is 1. The van der Waals surface area contributed by atoms with Crippen molar-refractivity contribution in [3.63, 3.8) is 0 Å². The monoisotopic (exact) mass is 450 g/mol. The number of halogens is 2. The Labute approximate surface area is 161 Å². The minimum Gasteiger partial charge on any atom is -0.505 e. The van der Waals surface area contributed by atoms with Crippen molar-refractivity contribution in [1.82, 2.24) is 15.1 Å². The summed E-state index contributed by atoms with van der Waals surface area (Å²) < 4.78 is 13.4. The zero-order valence-corrected chi connectivity index (χ0v) is 17.0. The van der Waals surface area contributed by atoms with Gasteiger partial charge in [0.25, 0.3) is 0 Å². The maximum absolute atomic E-state index is 13.4. The van der Waals surface area contributed by atoms with Gasteiger partial charge in [0.15, 0.2) is 17.5 Å². The summed E-state index contributed by atoms with van der Waals surface area (Å²) in [6.07, 6.45) is 0. The summed E-state index contributed by atoms with van der Waals surface area (Å²) in [7, 11) is 1.76. The molecular weight excluding hydrogens is 422 g/mol. The molecular formula is C17H28FIN4O. The average molecular weight is 450 g/mol. The van der Waals surface area contributed by atoms with Gasteiger partial charge in [0.1, 0.15) is 0 Å². The maximum Gasteiger partial charge on any atom is 0.194 e. The lowest BCUT2D eigenvalue weighted by molar-refractivity contribution is 0.164. The van der Waals surface area contributed by atoms with E-state index >= 15 is 0 Å². The van der Waals surface area contributed by atoms with Crippen LogP contribution in [0.1, 0.15) is 19.4 Å². The molecule has 2 N–H and O–H groups in total. The van der Waals surface area contributed by atoms with E-state index in [1.54, 1.807) is 13.1 Å². The highest BCUT2D eigenvalue weighted by Crippen LogP contribution is 2.16. The van der Waals surface area contributed by atoms with Gasteiger partial charge in [0.05, 0.1) is 0 Å². The quantitative estimate of drug-likeness (QED) is 0.421. The van der Waals surface area contributed by atoms with Crippen molar-refractivity contribution in [1.29, 1.82) is 0 Å². The molecule has 0 spiro atoms. The molecule has 0 radical (unpaired) electrons. The van der Waals surface area contributed by atoms with Gasteiger partial charge in [-0.05, 0) is 23.6 Å². The predicted molar refractivity (Wildman–Crippen MR) is 107 cm³/mol. The number of benzene rings is 1. The summed E-state index contributed by atoms with van der Waals surface area (Å²) in [6, 6.07) is 4.43. The number of aromatic hydroxyl groups is 1. The molecule has 1 aliphatic rings. The molecule has 0 unspecified atom stereocenters. The molecule has 24 heavy (non-hydrogen) atoms. The van der Waals surface area contributed by atoms with Crippen molar-refractivity contribution in [3.05, 3.63) is 29.6 Å². The average Bonchev–Trinajstić information content (AvgIpc) is 2.52. The summed E-state index contributed by atoms with van der Waals surface area (Å²) in [6.45, 7) is 10.0. The van der Waals surface area contributed by atoms with Gasteiger partial charge in [-0.1, -0.05) is 19.9 Å². The molecule has 1 saturated heterocycles. The number of nitrogens with zero attached hydrogens (tertiary/aromatic N) is 3. The third kappa shape index (κ3) is 6.08. The zero-order valence-electron chi connectivity index (χ0n) is 14.6. The Hall–Kier alpha value is -1.09. The fourth-order valence-electron chi connectivity index (χ4n) is 2.83. The lowest BCUT2D eigenvalue weighted by atomic mass is 10.2. The van der Waals surface area contributed by atoms with Crippen LogP contribution < -0.4 is 5.32 Å². The second-order valence-electron chi connectivity index (χ2n) is 6.37. The number of nitrogens with one attached hydrogen (secondary N) is 1. The van der Waals surface area contributed by atoms with Crippen LogP contribution >= 0.6 is 24.0 Å². The van der Waals surface area contributed by atoms with E-state index in [2.05, 4.69) is 34.0 Å². The van der Waals surface area contributed by atoms with Crippen molar-refractivity contribution in [2.75, 3.05) is 39.8 Å². The smallest absolute Gasteiger partial charge is 0.194 e. The zero-order chi connectivity index (χ0) is 16.8. The molecule has 0 atom stereocenters. The number of piperazine rings is 1. The molecule has 0 aromatic heterocycles. The molecule has 5 nitrogen and oxygen atoms in total. The van der Waals surface area contributed by atoms with Crippen LogP contribution in [0.5, 0.6) is 5.75 Å². The topological polar surface area (TPSA) is 51.1 Å². The van der Waals surface area contributed by atoms with Crippen LogP contribution in [-0.2, 0) is 6.54 Å². The van der Waals surface area contributed by atoms with Crippen molar-refractivity contribution < 1.29 is 9.50 Å². The molecule has 1 aromatic rings. The van der Waals surface area contributed by atoms with Gasteiger partial charge in [0, 0.05) is 46.3 Å². The molecule has 1 aromatic carbocycles. The first-order valence-electron chi connectivity index (χ1n) is 8.15. The molecule has 0 aliphatic carbocycles. The minimum absolute atomic E-state index is 0. The van der Waals surface area contributed by atoms with Crippen molar-refractivity contribution in [3.8, 4) is 5.75 Å². The molecule has 0 bridgehead atoms. The molecule has 0 saturated carbocycles. The SMILES string of the molecule is CN=C(NCc1ccc(O)c(F)c1)N1CCN(CC(C)C)CC1.I. The Morgan fingerprint density at radius 3 is 2.50 bits per heavy atom. The van der Waals surface area contributed by atoms with Crippen LogP contribution in [0.25, 0.3) is 0 Å². The van der Waals surface area contributed by atoms with E-state index in [9.17, 15) is 9.50 Å². The van der Waals surface area contributed by atoms with E-state index in [-0.39, 0.29) is 29.7 Å². The molecule has 136 valence electrons. The Balaban J connectivity index is 0.00000288.